The zero-order valence-electron chi connectivity index (χ0n) is 24.9. The highest BCUT2D eigenvalue weighted by Gasteiger charge is 2.35. The highest BCUT2D eigenvalue weighted by Crippen LogP contribution is 2.35. The van der Waals surface area contributed by atoms with E-state index in [4.69, 9.17) is 0 Å². The monoisotopic (exact) mass is 575 g/mol. The van der Waals surface area contributed by atoms with Crippen molar-refractivity contribution in [1.29, 1.82) is 0 Å². The fourth-order valence-corrected chi connectivity index (χ4v) is 6.80. The molecule has 0 aliphatic heterocycles. The van der Waals surface area contributed by atoms with Crippen LogP contribution in [0.5, 0.6) is 0 Å². The highest BCUT2D eigenvalue weighted by atomic mass is 32.2. The minimum absolute atomic E-state index is 0.0282. The van der Waals surface area contributed by atoms with Gasteiger partial charge in [0.1, 0.15) is 6.10 Å². The van der Waals surface area contributed by atoms with Crippen LogP contribution < -0.4 is 10.6 Å². The van der Waals surface area contributed by atoms with Gasteiger partial charge >= 0.3 is 0 Å². The summed E-state index contributed by atoms with van der Waals surface area (Å²) in [5.41, 5.74) is 1.13. The molecule has 0 saturated heterocycles. The Morgan fingerprint density at radius 3 is 2.30 bits per heavy atom. The number of thioether (sulfide) groups is 1. The van der Waals surface area contributed by atoms with E-state index in [1.165, 1.54) is 19.3 Å². The molecule has 7 nitrogen and oxygen atoms in total. The number of nitrogens with zero attached hydrogens (tertiary/aromatic N) is 1. The minimum atomic E-state index is -0.970. The number of hydrogen-bond acceptors (Lipinski definition) is 6. The van der Waals surface area contributed by atoms with Gasteiger partial charge in [0.15, 0.2) is 0 Å². The third-order valence-electron chi connectivity index (χ3n) is 8.45. The zero-order valence-corrected chi connectivity index (χ0v) is 25.7. The van der Waals surface area contributed by atoms with Crippen molar-refractivity contribution < 1.29 is 19.8 Å². The number of carbonyl (C=O) groups is 2. The summed E-state index contributed by atoms with van der Waals surface area (Å²) in [7, 11) is 4.10. The Morgan fingerprint density at radius 1 is 0.975 bits per heavy atom. The Balaban J connectivity index is 1.54. The summed E-state index contributed by atoms with van der Waals surface area (Å²) < 4.78 is 0. The molecule has 40 heavy (non-hydrogen) atoms. The van der Waals surface area contributed by atoms with Crippen molar-refractivity contribution in [3.63, 3.8) is 0 Å². The SMILES string of the molecule is C[C@H](CNC(=O)[C@@H](CSCCN(C)C)Cc1ccccc1)C(=O)N[C@@H](CC1CCCCC1)[C@@H](O)[C@@H](O)CC1CC1. The number of hydrogen-bond donors (Lipinski definition) is 4. The van der Waals surface area contributed by atoms with Crippen molar-refractivity contribution >= 4 is 23.6 Å². The van der Waals surface area contributed by atoms with Crippen LogP contribution in [0.3, 0.4) is 0 Å². The van der Waals surface area contributed by atoms with Crippen LogP contribution in [-0.4, -0.2) is 83.9 Å². The van der Waals surface area contributed by atoms with Crippen LogP contribution in [0.25, 0.3) is 0 Å². The molecule has 226 valence electrons. The third kappa shape index (κ3) is 12.1. The first-order valence-electron chi connectivity index (χ1n) is 15.4. The summed E-state index contributed by atoms with van der Waals surface area (Å²) in [5, 5.41) is 27.9. The van der Waals surface area contributed by atoms with Crippen LogP contribution in [0, 0.1) is 23.7 Å². The average Bonchev–Trinajstić information content (AvgIpc) is 3.77. The second-order valence-corrected chi connectivity index (χ2v) is 13.7. The average molecular weight is 576 g/mol. The fourth-order valence-electron chi connectivity index (χ4n) is 5.58. The molecule has 5 atom stereocenters. The lowest BCUT2D eigenvalue weighted by atomic mass is 9.82. The van der Waals surface area contributed by atoms with E-state index < -0.39 is 24.2 Å². The Bertz CT molecular complexity index is 876. The Labute approximate surface area is 246 Å². The van der Waals surface area contributed by atoms with Gasteiger partial charge in [0, 0.05) is 24.6 Å². The molecule has 0 aromatic heterocycles. The molecule has 0 radical (unpaired) electrons. The molecule has 3 rings (SSSR count). The van der Waals surface area contributed by atoms with E-state index in [0.717, 1.165) is 49.3 Å². The van der Waals surface area contributed by atoms with Gasteiger partial charge in [-0.05, 0) is 50.8 Å². The first-order chi connectivity index (χ1) is 19.2. The molecule has 0 heterocycles. The predicted molar refractivity (Wildman–Crippen MR) is 164 cm³/mol. The summed E-state index contributed by atoms with van der Waals surface area (Å²) in [4.78, 5) is 28.6. The van der Waals surface area contributed by atoms with Crippen LogP contribution in [0.1, 0.15) is 70.3 Å². The molecule has 2 fully saturated rings. The summed E-state index contributed by atoms with van der Waals surface area (Å²) in [6.45, 7) is 3.03. The van der Waals surface area contributed by atoms with E-state index in [1.807, 2.05) is 39.2 Å². The van der Waals surface area contributed by atoms with E-state index in [1.54, 1.807) is 11.8 Å². The standard InChI is InChI=1S/C32H53N3O4S/c1-23(21-33-32(39)27(22-40-17-16-35(2)3)18-24-10-6-4-7-11-24)31(38)34-28(19-25-12-8-5-9-13-25)30(37)29(36)20-26-14-15-26/h4,6-7,10-11,23,25-30,36-37H,5,8-9,12-22H2,1-3H3,(H,33,39)(H,34,38)/t23-,27-,28+,29+,30-/m1/s1. The van der Waals surface area contributed by atoms with E-state index in [9.17, 15) is 19.8 Å². The number of benzene rings is 1. The van der Waals surface area contributed by atoms with Crippen molar-refractivity contribution in [1.82, 2.24) is 15.5 Å². The van der Waals surface area contributed by atoms with Gasteiger partial charge in [-0.3, -0.25) is 9.59 Å². The van der Waals surface area contributed by atoms with E-state index in [-0.39, 0.29) is 24.3 Å². The number of carbonyl (C=O) groups excluding carboxylic acids is 2. The van der Waals surface area contributed by atoms with E-state index in [2.05, 4.69) is 27.7 Å². The Hall–Kier alpha value is -1.61. The van der Waals surface area contributed by atoms with Crippen LogP contribution >= 0.6 is 11.8 Å². The second kappa shape index (κ2) is 17.4. The normalized spacial score (nSPS) is 19.9. The first-order valence-corrected chi connectivity index (χ1v) is 16.6. The van der Waals surface area contributed by atoms with Gasteiger partial charge in [-0.25, -0.2) is 0 Å². The third-order valence-corrected chi connectivity index (χ3v) is 9.55. The lowest BCUT2D eigenvalue weighted by molar-refractivity contribution is -0.128. The maximum absolute atomic E-state index is 13.3. The molecule has 2 amide bonds. The molecule has 2 aliphatic carbocycles. The quantitative estimate of drug-likeness (QED) is 0.198. The van der Waals surface area contributed by atoms with Crippen molar-refractivity contribution in [2.24, 2.45) is 23.7 Å². The van der Waals surface area contributed by atoms with Gasteiger partial charge in [0.25, 0.3) is 0 Å². The topological polar surface area (TPSA) is 102 Å². The second-order valence-electron chi connectivity index (χ2n) is 12.5. The number of aliphatic hydroxyl groups excluding tert-OH is 2. The minimum Gasteiger partial charge on any atom is -0.390 e. The van der Waals surface area contributed by atoms with Crippen LogP contribution in [0.15, 0.2) is 30.3 Å². The van der Waals surface area contributed by atoms with Crippen molar-refractivity contribution in [2.45, 2.75) is 89.4 Å². The molecule has 1 aromatic carbocycles. The lowest BCUT2D eigenvalue weighted by Crippen LogP contribution is -2.52. The van der Waals surface area contributed by atoms with E-state index >= 15 is 0 Å². The van der Waals surface area contributed by atoms with Gasteiger partial charge in [-0.2, -0.15) is 11.8 Å². The van der Waals surface area contributed by atoms with Crippen molar-refractivity contribution in [3.8, 4) is 0 Å². The molecule has 2 aliphatic rings. The summed E-state index contributed by atoms with van der Waals surface area (Å²) in [6.07, 6.45) is 8.22. The van der Waals surface area contributed by atoms with Crippen molar-refractivity contribution in [3.05, 3.63) is 35.9 Å². The van der Waals surface area contributed by atoms with Gasteiger partial charge in [-0.15, -0.1) is 0 Å². The largest absolute Gasteiger partial charge is 0.390 e. The number of amides is 2. The molecular formula is C32H53N3O4S. The smallest absolute Gasteiger partial charge is 0.224 e. The fraction of sp³-hybridized carbons (Fsp3) is 0.750. The van der Waals surface area contributed by atoms with Gasteiger partial charge in [0.05, 0.1) is 24.0 Å². The predicted octanol–water partition coefficient (Wildman–Crippen LogP) is 3.87. The maximum atomic E-state index is 13.3. The Morgan fingerprint density at radius 2 is 1.65 bits per heavy atom. The van der Waals surface area contributed by atoms with Crippen LogP contribution in [-0.2, 0) is 16.0 Å². The van der Waals surface area contributed by atoms with Crippen molar-refractivity contribution in [2.75, 3.05) is 38.7 Å². The molecule has 8 heteroatoms. The van der Waals surface area contributed by atoms with Gasteiger partial charge in [0.2, 0.25) is 11.8 Å². The highest BCUT2D eigenvalue weighted by molar-refractivity contribution is 7.99. The van der Waals surface area contributed by atoms with Crippen LogP contribution in [0.2, 0.25) is 0 Å². The molecular weight excluding hydrogens is 522 g/mol. The summed E-state index contributed by atoms with van der Waals surface area (Å²) in [6, 6.07) is 9.60. The van der Waals surface area contributed by atoms with Gasteiger partial charge in [-0.1, -0.05) is 82.2 Å². The molecule has 0 bridgehead atoms. The van der Waals surface area contributed by atoms with Crippen LogP contribution in [0.4, 0.5) is 0 Å². The molecule has 2 saturated carbocycles. The Kier molecular flexibility index (Phi) is 14.3. The maximum Gasteiger partial charge on any atom is 0.224 e. The number of nitrogens with one attached hydrogen (secondary N) is 2. The summed E-state index contributed by atoms with van der Waals surface area (Å²) >= 11 is 1.78. The van der Waals surface area contributed by atoms with E-state index in [0.29, 0.717) is 31.1 Å². The molecule has 4 N–H and O–H groups in total. The number of rotatable bonds is 18. The summed E-state index contributed by atoms with van der Waals surface area (Å²) in [5.74, 6) is 1.81. The number of aliphatic hydroxyl groups is 2. The molecule has 0 spiro atoms. The molecule has 1 aromatic rings. The lowest BCUT2D eigenvalue weighted by Gasteiger charge is -2.33. The first kappa shape index (κ1) is 32.9. The molecule has 0 unspecified atom stereocenters. The van der Waals surface area contributed by atoms with Gasteiger partial charge < -0.3 is 25.7 Å². The zero-order chi connectivity index (χ0) is 28.9.